The van der Waals surface area contributed by atoms with E-state index in [1.807, 2.05) is 66.2 Å². The molecule has 2 heterocycles. The van der Waals surface area contributed by atoms with Crippen molar-refractivity contribution in [3.63, 3.8) is 0 Å². The Kier molecular flexibility index (Phi) is 6.56. The van der Waals surface area contributed by atoms with E-state index in [-0.39, 0.29) is 17.2 Å². The van der Waals surface area contributed by atoms with Gasteiger partial charge in [-0.25, -0.2) is 4.98 Å². The summed E-state index contributed by atoms with van der Waals surface area (Å²) in [6.07, 6.45) is 2.00. The minimum absolute atomic E-state index is 0.0795. The van der Waals surface area contributed by atoms with Crippen LogP contribution in [-0.2, 0) is 10.5 Å². The highest BCUT2D eigenvalue weighted by Crippen LogP contribution is 2.30. The molecule has 8 heteroatoms. The quantitative estimate of drug-likeness (QED) is 0.374. The molecule has 0 aliphatic rings. The molecule has 0 aliphatic heterocycles. The first-order valence-electron chi connectivity index (χ1n) is 9.21. The van der Waals surface area contributed by atoms with E-state index in [9.17, 15) is 9.59 Å². The van der Waals surface area contributed by atoms with Gasteiger partial charge in [-0.2, -0.15) is 0 Å². The number of hydrogen-bond acceptors (Lipinski definition) is 6. The fourth-order valence-corrected chi connectivity index (χ4v) is 5.15. The number of rotatable bonds is 7. The Morgan fingerprint density at radius 3 is 2.80 bits per heavy atom. The van der Waals surface area contributed by atoms with Crippen LogP contribution in [0.5, 0.6) is 0 Å². The molecule has 0 radical (unpaired) electrons. The molecule has 0 atom stereocenters. The molecule has 4 aromatic rings. The first kappa shape index (κ1) is 20.7. The van der Waals surface area contributed by atoms with E-state index in [0.29, 0.717) is 21.8 Å². The second kappa shape index (κ2) is 9.51. The van der Waals surface area contributed by atoms with Crippen molar-refractivity contribution in [2.75, 3.05) is 17.3 Å². The smallest absolute Gasteiger partial charge is 0.260 e. The van der Waals surface area contributed by atoms with Gasteiger partial charge in [-0.3, -0.25) is 9.59 Å². The zero-order chi connectivity index (χ0) is 20.9. The number of anilines is 1. The van der Waals surface area contributed by atoms with E-state index in [0.717, 1.165) is 21.7 Å². The van der Waals surface area contributed by atoms with Crippen LogP contribution in [0.1, 0.15) is 5.82 Å². The number of H-pyrrole nitrogens is 1. The fourth-order valence-electron chi connectivity index (χ4n) is 3.03. The maximum absolute atomic E-state index is 12.7. The maximum atomic E-state index is 12.7. The maximum Gasteiger partial charge on any atom is 0.260 e. The van der Waals surface area contributed by atoms with E-state index >= 15 is 0 Å². The second-order valence-corrected chi connectivity index (χ2v) is 9.20. The van der Waals surface area contributed by atoms with Crippen molar-refractivity contribution in [2.45, 2.75) is 10.6 Å². The molecule has 0 saturated carbocycles. The third-order valence-electron chi connectivity index (χ3n) is 4.40. The molecule has 152 valence electrons. The third kappa shape index (κ3) is 4.77. The van der Waals surface area contributed by atoms with Gasteiger partial charge in [0, 0.05) is 21.5 Å². The summed E-state index contributed by atoms with van der Waals surface area (Å²) in [5, 5.41) is 5.49. The topological polar surface area (TPSA) is 74.8 Å². The average molecular weight is 454 g/mol. The fraction of sp³-hybridized carbons (Fsp3) is 0.136. The van der Waals surface area contributed by atoms with Crippen LogP contribution >= 0.6 is 34.9 Å². The number of carbonyl (C=O) groups is 1. The lowest BCUT2D eigenvalue weighted by atomic mass is 10.1. The standard InChI is InChI=1S/C22H19N3O2S3/c1-28-16-9-5-8-15(10-16)23-19(26)13-29-12-18-24-21(27)20-17(11-30-22(20)25-18)14-6-3-2-4-7-14/h2-11H,12-13H2,1H3,(H,23,26)(H,24,25,27). The Hall–Kier alpha value is -2.55. The first-order valence-corrected chi connectivity index (χ1v) is 12.5. The summed E-state index contributed by atoms with van der Waals surface area (Å²) in [4.78, 5) is 34.2. The Labute approximate surface area is 186 Å². The monoisotopic (exact) mass is 453 g/mol. The molecule has 2 aromatic heterocycles. The van der Waals surface area contributed by atoms with Gasteiger partial charge in [0.25, 0.3) is 5.56 Å². The SMILES string of the molecule is CSc1cccc(NC(=O)CSCc2nc3scc(-c4ccccc4)c3c(=O)[nH]2)c1. The lowest BCUT2D eigenvalue weighted by Gasteiger charge is -2.06. The molecule has 2 aromatic carbocycles. The van der Waals surface area contributed by atoms with Gasteiger partial charge in [-0.15, -0.1) is 34.9 Å². The number of carbonyl (C=O) groups excluding carboxylic acids is 1. The molecule has 0 saturated heterocycles. The highest BCUT2D eigenvalue weighted by Gasteiger charge is 2.13. The highest BCUT2D eigenvalue weighted by molar-refractivity contribution is 7.99. The molecule has 30 heavy (non-hydrogen) atoms. The summed E-state index contributed by atoms with van der Waals surface area (Å²) >= 11 is 4.51. The Morgan fingerprint density at radius 1 is 1.17 bits per heavy atom. The number of nitrogens with one attached hydrogen (secondary N) is 2. The van der Waals surface area contributed by atoms with Crippen LogP contribution in [0.2, 0.25) is 0 Å². The van der Waals surface area contributed by atoms with E-state index < -0.39 is 0 Å². The molecule has 4 rings (SSSR count). The third-order valence-corrected chi connectivity index (χ3v) is 6.94. The van der Waals surface area contributed by atoms with Crippen LogP contribution in [0.4, 0.5) is 5.69 Å². The molecule has 0 unspecified atom stereocenters. The van der Waals surface area contributed by atoms with Gasteiger partial charge < -0.3 is 10.3 Å². The van der Waals surface area contributed by atoms with Gasteiger partial charge in [0.05, 0.1) is 16.9 Å². The van der Waals surface area contributed by atoms with Crippen molar-refractivity contribution < 1.29 is 4.79 Å². The Bertz CT molecular complexity index is 1240. The van der Waals surface area contributed by atoms with Crippen molar-refractivity contribution in [1.82, 2.24) is 9.97 Å². The predicted molar refractivity (Wildman–Crippen MR) is 129 cm³/mol. The van der Waals surface area contributed by atoms with Crippen LogP contribution in [0.25, 0.3) is 21.3 Å². The summed E-state index contributed by atoms with van der Waals surface area (Å²) in [5.74, 6) is 1.24. The Balaban J connectivity index is 1.41. The number of fused-ring (bicyclic) bond motifs is 1. The van der Waals surface area contributed by atoms with Crippen molar-refractivity contribution >= 4 is 56.7 Å². The minimum atomic E-state index is -0.144. The molecular formula is C22H19N3O2S3. The lowest BCUT2D eigenvalue weighted by molar-refractivity contribution is -0.113. The van der Waals surface area contributed by atoms with Gasteiger partial charge >= 0.3 is 0 Å². The molecule has 5 nitrogen and oxygen atoms in total. The number of benzene rings is 2. The summed E-state index contributed by atoms with van der Waals surface area (Å²) in [7, 11) is 0. The molecule has 0 spiro atoms. The van der Waals surface area contributed by atoms with Crippen molar-refractivity contribution in [3.05, 3.63) is 76.2 Å². The van der Waals surface area contributed by atoms with Gasteiger partial charge in [-0.1, -0.05) is 36.4 Å². The minimum Gasteiger partial charge on any atom is -0.325 e. The zero-order valence-electron chi connectivity index (χ0n) is 16.2. The van der Waals surface area contributed by atoms with Crippen molar-refractivity contribution in [3.8, 4) is 11.1 Å². The van der Waals surface area contributed by atoms with Crippen LogP contribution in [-0.4, -0.2) is 27.9 Å². The number of thioether (sulfide) groups is 2. The van der Waals surface area contributed by atoms with Crippen LogP contribution in [0.3, 0.4) is 0 Å². The normalized spacial score (nSPS) is 11.0. The number of hydrogen-bond donors (Lipinski definition) is 2. The van der Waals surface area contributed by atoms with E-state index in [4.69, 9.17) is 0 Å². The van der Waals surface area contributed by atoms with Crippen LogP contribution < -0.4 is 10.9 Å². The van der Waals surface area contributed by atoms with Gasteiger partial charge in [0.1, 0.15) is 10.7 Å². The first-order chi connectivity index (χ1) is 14.6. The number of aromatic amines is 1. The molecule has 2 N–H and O–H groups in total. The lowest BCUT2D eigenvalue weighted by Crippen LogP contribution is -2.15. The number of nitrogens with zero attached hydrogens (tertiary/aromatic N) is 1. The van der Waals surface area contributed by atoms with E-state index in [2.05, 4.69) is 15.3 Å². The van der Waals surface area contributed by atoms with Gasteiger partial charge in [0.15, 0.2) is 0 Å². The summed E-state index contributed by atoms with van der Waals surface area (Å²) < 4.78 is 0. The number of amides is 1. The Morgan fingerprint density at radius 2 is 2.00 bits per heavy atom. The molecule has 0 fully saturated rings. The van der Waals surface area contributed by atoms with Crippen LogP contribution in [0.15, 0.2) is 69.7 Å². The molecule has 0 bridgehead atoms. The predicted octanol–water partition coefficient (Wildman–Crippen LogP) is 5.25. The zero-order valence-corrected chi connectivity index (χ0v) is 18.6. The van der Waals surface area contributed by atoms with E-state index in [1.165, 1.54) is 23.1 Å². The van der Waals surface area contributed by atoms with Gasteiger partial charge in [-0.05, 0) is 30.0 Å². The van der Waals surface area contributed by atoms with Crippen molar-refractivity contribution in [1.29, 1.82) is 0 Å². The summed E-state index contributed by atoms with van der Waals surface area (Å²) in [5.41, 5.74) is 2.54. The molecule has 1 amide bonds. The van der Waals surface area contributed by atoms with Crippen LogP contribution in [0, 0.1) is 0 Å². The largest absolute Gasteiger partial charge is 0.325 e. The van der Waals surface area contributed by atoms with Gasteiger partial charge in [0.2, 0.25) is 5.91 Å². The average Bonchev–Trinajstić information content (AvgIpc) is 3.19. The summed E-state index contributed by atoms with van der Waals surface area (Å²) in [6, 6.07) is 17.6. The van der Waals surface area contributed by atoms with E-state index in [1.54, 1.807) is 11.8 Å². The second-order valence-electron chi connectivity index (χ2n) is 6.48. The highest BCUT2D eigenvalue weighted by atomic mass is 32.2. The summed E-state index contributed by atoms with van der Waals surface area (Å²) in [6.45, 7) is 0. The molecular weight excluding hydrogens is 434 g/mol. The van der Waals surface area contributed by atoms with Crippen molar-refractivity contribution in [2.24, 2.45) is 0 Å². The molecule has 0 aliphatic carbocycles. The number of thiophene rings is 1. The number of aromatic nitrogens is 2.